The van der Waals surface area contributed by atoms with Crippen molar-refractivity contribution >= 4 is 10.0 Å². The molecule has 0 spiro atoms. The summed E-state index contributed by atoms with van der Waals surface area (Å²) in [6.07, 6.45) is 2.17. The molecule has 0 atom stereocenters. The van der Waals surface area contributed by atoms with Gasteiger partial charge in [-0.25, -0.2) is 8.42 Å². The van der Waals surface area contributed by atoms with Gasteiger partial charge in [0.2, 0.25) is 10.0 Å². The van der Waals surface area contributed by atoms with E-state index in [1.807, 2.05) is 19.1 Å². The predicted octanol–water partition coefficient (Wildman–Crippen LogP) is 1.51. The highest BCUT2D eigenvalue weighted by Gasteiger charge is 2.30. The van der Waals surface area contributed by atoms with Crippen LogP contribution >= 0.6 is 0 Å². The molecule has 2 N–H and O–H groups in total. The summed E-state index contributed by atoms with van der Waals surface area (Å²) < 4.78 is 32.7. The number of hydrogen-bond donors (Lipinski definition) is 1. The Kier molecular flexibility index (Phi) is 5.37. The van der Waals surface area contributed by atoms with E-state index in [0.717, 1.165) is 24.0 Å². The molecular weight excluding hydrogens is 288 g/mol. The fraction of sp³-hybridized carbons (Fsp3) is 0.600. The third kappa shape index (κ3) is 3.45. The van der Waals surface area contributed by atoms with E-state index in [1.54, 1.807) is 13.1 Å². The van der Waals surface area contributed by atoms with Crippen LogP contribution in [0.2, 0.25) is 0 Å². The molecule has 5 nitrogen and oxygen atoms in total. The number of rotatable bonds is 5. The van der Waals surface area contributed by atoms with Gasteiger partial charge in [-0.05, 0) is 36.5 Å². The van der Waals surface area contributed by atoms with Gasteiger partial charge in [-0.3, -0.25) is 0 Å². The van der Waals surface area contributed by atoms with Crippen molar-refractivity contribution in [1.82, 2.24) is 4.31 Å². The van der Waals surface area contributed by atoms with Crippen molar-refractivity contribution < 1.29 is 13.2 Å². The monoisotopic (exact) mass is 312 g/mol. The number of nitrogens with two attached hydrogens (primary N) is 1. The zero-order valence-corrected chi connectivity index (χ0v) is 13.5. The molecule has 118 valence electrons. The number of sulfonamides is 1. The number of benzene rings is 1. The maximum absolute atomic E-state index is 12.9. The molecule has 1 aliphatic heterocycles. The van der Waals surface area contributed by atoms with Crippen molar-refractivity contribution in [2.24, 2.45) is 5.73 Å². The predicted molar refractivity (Wildman–Crippen MR) is 82.5 cm³/mol. The van der Waals surface area contributed by atoms with Crippen molar-refractivity contribution in [3.8, 4) is 0 Å². The summed E-state index contributed by atoms with van der Waals surface area (Å²) in [6.45, 7) is 3.54. The number of nitrogens with zero attached hydrogens (tertiary/aromatic N) is 1. The van der Waals surface area contributed by atoms with Crippen molar-refractivity contribution in [3.63, 3.8) is 0 Å². The van der Waals surface area contributed by atoms with Gasteiger partial charge in [0.15, 0.2) is 0 Å². The molecule has 1 aliphatic rings. The average Bonchev–Trinajstić information content (AvgIpc) is 2.54. The Labute approximate surface area is 127 Å². The normalized spacial score (nSPS) is 17.3. The summed E-state index contributed by atoms with van der Waals surface area (Å²) in [4.78, 5) is 0.391. The molecule has 0 radical (unpaired) electrons. The molecular formula is C15H24N2O3S. The Morgan fingerprint density at radius 3 is 2.57 bits per heavy atom. The number of hydrogen-bond acceptors (Lipinski definition) is 4. The van der Waals surface area contributed by atoms with Gasteiger partial charge in [0, 0.05) is 32.8 Å². The molecule has 0 aromatic heterocycles. The minimum absolute atomic E-state index is 0.00925. The van der Waals surface area contributed by atoms with Crippen LogP contribution in [0.25, 0.3) is 0 Å². The Bertz CT molecular complexity index is 581. The molecule has 0 saturated carbocycles. The summed E-state index contributed by atoms with van der Waals surface area (Å²) in [5.74, 6) is 0. The lowest BCUT2D eigenvalue weighted by molar-refractivity contribution is 0.0632. The maximum atomic E-state index is 12.9. The minimum atomic E-state index is -3.49. The Balaban J connectivity index is 2.37. The van der Waals surface area contributed by atoms with Crippen LogP contribution in [0.1, 0.15) is 30.9 Å². The summed E-state index contributed by atoms with van der Waals surface area (Å²) in [7, 11) is -1.83. The molecule has 1 heterocycles. The lowest BCUT2D eigenvalue weighted by atomic mass is 10.1. The third-order valence-electron chi connectivity index (χ3n) is 4.11. The Morgan fingerprint density at radius 2 is 2.00 bits per heavy atom. The van der Waals surface area contributed by atoms with E-state index in [0.29, 0.717) is 31.1 Å². The topological polar surface area (TPSA) is 72.6 Å². The third-order valence-corrected chi connectivity index (χ3v) is 6.10. The van der Waals surface area contributed by atoms with E-state index in [1.165, 1.54) is 4.31 Å². The minimum Gasteiger partial charge on any atom is -0.381 e. The van der Waals surface area contributed by atoms with Crippen LogP contribution in [0.4, 0.5) is 0 Å². The standard InChI is InChI=1S/C15H24N2O3S/c1-3-13-5-4-12(11-16)10-15(13)21(18,19)17(2)14-6-8-20-9-7-14/h4-5,10,14H,3,6-9,11,16H2,1-2H3. The smallest absolute Gasteiger partial charge is 0.243 e. The van der Waals surface area contributed by atoms with Gasteiger partial charge in [-0.2, -0.15) is 4.31 Å². The van der Waals surface area contributed by atoms with Gasteiger partial charge in [-0.1, -0.05) is 19.1 Å². The second-order valence-corrected chi connectivity index (χ2v) is 7.33. The first-order valence-electron chi connectivity index (χ1n) is 7.38. The zero-order chi connectivity index (χ0) is 15.5. The van der Waals surface area contributed by atoms with Gasteiger partial charge < -0.3 is 10.5 Å². The van der Waals surface area contributed by atoms with Crippen LogP contribution in [-0.4, -0.2) is 39.0 Å². The fourth-order valence-corrected chi connectivity index (χ4v) is 4.42. The molecule has 1 aromatic carbocycles. The second-order valence-electron chi connectivity index (χ2n) is 5.36. The zero-order valence-electron chi connectivity index (χ0n) is 12.7. The molecule has 1 saturated heterocycles. The highest BCUT2D eigenvalue weighted by molar-refractivity contribution is 7.89. The van der Waals surface area contributed by atoms with Gasteiger partial charge in [0.25, 0.3) is 0 Å². The number of aryl methyl sites for hydroxylation is 1. The van der Waals surface area contributed by atoms with E-state index < -0.39 is 10.0 Å². The van der Waals surface area contributed by atoms with Gasteiger partial charge in [0.05, 0.1) is 4.90 Å². The fourth-order valence-electron chi connectivity index (χ4n) is 2.66. The van der Waals surface area contributed by atoms with Crippen LogP contribution in [0, 0.1) is 0 Å². The SMILES string of the molecule is CCc1ccc(CN)cc1S(=O)(=O)N(C)C1CCOCC1. The molecule has 0 unspecified atom stereocenters. The van der Waals surface area contributed by atoms with E-state index >= 15 is 0 Å². The molecule has 2 rings (SSSR count). The quantitative estimate of drug-likeness (QED) is 0.894. The van der Waals surface area contributed by atoms with E-state index in [9.17, 15) is 8.42 Å². The average molecular weight is 312 g/mol. The van der Waals surface area contributed by atoms with Crippen LogP contribution < -0.4 is 5.73 Å². The number of ether oxygens (including phenoxy) is 1. The first-order chi connectivity index (χ1) is 10.0. The summed E-state index contributed by atoms with van der Waals surface area (Å²) >= 11 is 0. The van der Waals surface area contributed by atoms with Crippen molar-refractivity contribution in [2.75, 3.05) is 20.3 Å². The molecule has 0 aliphatic carbocycles. The van der Waals surface area contributed by atoms with Crippen LogP contribution in [0.5, 0.6) is 0 Å². The molecule has 0 amide bonds. The lowest BCUT2D eigenvalue weighted by Crippen LogP contribution is -2.40. The summed E-state index contributed by atoms with van der Waals surface area (Å²) in [6, 6.07) is 5.48. The Hall–Kier alpha value is -0.950. The molecule has 1 fully saturated rings. The van der Waals surface area contributed by atoms with Gasteiger partial charge in [0.1, 0.15) is 0 Å². The molecule has 0 bridgehead atoms. The summed E-state index contributed by atoms with van der Waals surface area (Å²) in [5, 5.41) is 0. The van der Waals surface area contributed by atoms with Crippen LogP contribution in [0.3, 0.4) is 0 Å². The largest absolute Gasteiger partial charge is 0.381 e. The van der Waals surface area contributed by atoms with Crippen LogP contribution in [0.15, 0.2) is 23.1 Å². The second kappa shape index (κ2) is 6.87. The molecule has 21 heavy (non-hydrogen) atoms. The lowest BCUT2D eigenvalue weighted by Gasteiger charge is -2.31. The van der Waals surface area contributed by atoms with Gasteiger partial charge in [-0.15, -0.1) is 0 Å². The van der Waals surface area contributed by atoms with Crippen LogP contribution in [-0.2, 0) is 27.7 Å². The van der Waals surface area contributed by atoms with Gasteiger partial charge >= 0.3 is 0 Å². The summed E-state index contributed by atoms with van der Waals surface area (Å²) in [5.41, 5.74) is 7.33. The highest BCUT2D eigenvalue weighted by Crippen LogP contribution is 2.25. The van der Waals surface area contributed by atoms with E-state index in [4.69, 9.17) is 10.5 Å². The molecule has 1 aromatic rings. The molecule has 6 heteroatoms. The van der Waals surface area contributed by atoms with E-state index in [-0.39, 0.29) is 6.04 Å². The first-order valence-corrected chi connectivity index (χ1v) is 8.82. The van der Waals surface area contributed by atoms with Crippen molar-refractivity contribution in [1.29, 1.82) is 0 Å². The first kappa shape index (κ1) is 16.4. The van der Waals surface area contributed by atoms with E-state index in [2.05, 4.69) is 0 Å². The van der Waals surface area contributed by atoms with Crippen molar-refractivity contribution in [3.05, 3.63) is 29.3 Å². The highest BCUT2D eigenvalue weighted by atomic mass is 32.2. The Morgan fingerprint density at radius 1 is 1.33 bits per heavy atom. The van der Waals surface area contributed by atoms with Crippen molar-refractivity contribution in [2.45, 2.75) is 43.7 Å². The maximum Gasteiger partial charge on any atom is 0.243 e.